The van der Waals surface area contributed by atoms with Crippen LogP contribution in [0, 0.1) is 6.92 Å². The number of anilines is 1. The second-order valence-electron chi connectivity index (χ2n) is 5.87. The third kappa shape index (κ3) is 2.55. The maximum absolute atomic E-state index is 12.9. The molecule has 0 spiro atoms. The summed E-state index contributed by atoms with van der Waals surface area (Å²) in [6.07, 6.45) is 0. The van der Waals surface area contributed by atoms with Gasteiger partial charge in [-0.05, 0) is 25.1 Å². The third-order valence-corrected chi connectivity index (χ3v) is 4.39. The summed E-state index contributed by atoms with van der Waals surface area (Å²) in [5.74, 6) is -0.296. The maximum Gasteiger partial charge on any atom is 0.297 e. The molecule has 2 heterocycles. The average molecular weight is 350 g/mol. The van der Waals surface area contributed by atoms with E-state index >= 15 is 0 Å². The normalized spacial score (nSPS) is 14.1. The summed E-state index contributed by atoms with van der Waals surface area (Å²) in [4.78, 5) is 29.6. The van der Waals surface area contributed by atoms with Gasteiger partial charge in [0, 0.05) is 12.6 Å². The third-order valence-electron chi connectivity index (χ3n) is 4.39. The van der Waals surface area contributed by atoms with Crippen molar-refractivity contribution in [2.75, 3.05) is 5.32 Å². The molecular formula is C19H18N4O3. The lowest BCUT2D eigenvalue weighted by atomic mass is 10.1. The summed E-state index contributed by atoms with van der Waals surface area (Å²) in [5.41, 5.74) is 3.15. The van der Waals surface area contributed by atoms with Crippen molar-refractivity contribution in [2.45, 2.75) is 6.92 Å². The lowest BCUT2D eigenvalue weighted by Gasteiger charge is -2.07. The highest BCUT2D eigenvalue weighted by molar-refractivity contribution is 6.54. The highest BCUT2D eigenvalue weighted by Crippen LogP contribution is 2.26. The summed E-state index contributed by atoms with van der Waals surface area (Å²) >= 11 is 0. The SMILES string of the molecule is Cc1c(N=C2C(=O)Nc3ccccc32)c(=O)n(-c2ccccc2)n1C.O. The molecule has 0 fully saturated rings. The van der Waals surface area contributed by atoms with Gasteiger partial charge in [-0.2, -0.15) is 0 Å². The Bertz CT molecular complexity index is 1080. The number of aliphatic imine (C=N–C) groups is 1. The Labute approximate surface area is 149 Å². The molecule has 0 saturated heterocycles. The monoisotopic (exact) mass is 350 g/mol. The smallest absolute Gasteiger partial charge is 0.297 e. The van der Waals surface area contributed by atoms with Gasteiger partial charge in [-0.1, -0.05) is 36.4 Å². The molecule has 3 aromatic rings. The van der Waals surface area contributed by atoms with Gasteiger partial charge in [0.2, 0.25) is 0 Å². The predicted octanol–water partition coefficient (Wildman–Crippen LogP) is 1.73. The van der Waals surface area contributed by atoms with E-state index in [1.165, 1.54) is 0 Å². The first-order valence-electron chi connectivity index (χ1n) is 7.91. The van der Waals surface area contributed by atoms with Crippen molar-refractivity contribution in [1.29, 1.82) is 0 Å². The van der Waals surface area contributed by atoms with Gasteiger partial charge in [0.25, 0.3) is 11.5 Å². The molecule has 132 valence electrons. The molecule has 0 unspecified atom stereocenters. The Kier molecular flexibility index (Phi) is 4.31. The summed E-state index contributed by atoms with van der Waals surface area (Å²) < 4.78 is 3.29. The number of para-hydroxylation sites is 2. The Morgan fingerprint density at radius 1 is 0.962 bits per heavy atom. The fourth-order valence-corrected chi connectivity index (χ4v) is 3.01. The van der Waals surface area contributed by atoms with Crippen molar-refractivity contribution in [3.63, 3.8) is 0 Å². The number of carbonyl (C=O) groups is 1. The van der Waals surface area contributed by atoms with Gasteiger partial charge in [0.15, 0.2) is 5.69 Å². The van der Waals surface area contributed by atoms with Crippen LogP contribution < -0.4 is 10.9 Å². The highest BCUT2D eigenvalue weighted by Gasteiger charge is 2.27. The number of hydrogen-bond donors (Lipinski definition) is 1. The van der Waals surface area contributed by atoms with E-state index in [4.69, 9.17) is 0 Å². The summed E-state index contributed by atoms with van der Waals surface area (Å²) in [6, 6.07) is 16.7. The second-order valence-corrected chi connectivity index (χ2v) is 5.87. The molecule has 26 heavy (non-hydrogen) atoms. The molecule has 4 rings (SSSR count). The number of amides is 1. The molecule has 0 radical (unpaired) electrons. The molecule has 7 nitrogen and oxygen atoms in total. The van der Waals surface area contributed by atoms with Gasteiger partial charge < -0.3 is 10.8 Å². The lowest BCUT2D eigenvalue weighted by molar-refractivity contribution is -0.110. The van der Waals surface area contributed by atoms with Crippen LogP contribution in [0.2, 0.25) is 0 Å². The van der Waals surface area contributed by atoms with Crippen LogP contribution >= 0.6 is 0 Å². The first-order valence-corrected chi connectivity index (χ1v) is 7.91. The average Bonchev–Trinajstić information content (AvgIpc) is 3.05. The van der Waals surface area contributed by atoms with Gasteiger partial charge in [-0.15, -0.1) is 0 Å². The molecule has 1 amide bonds. The zero-order valence-electron chi connectivity index (χ0n) is 14.4. The van der Waals surface area contributed by atoms with Crippen molar-refractivity contribution in [3.05, 3.63) is 76.2 Å². The Hall–Kier alpha value is -3.45. The minimum Gasteiger partial charge on any atom is -0.412 e. The molecule has 0 saturated carbocycles. The Morgan fingerprint density at radius 3 is 2.35 bits per heavy atom. The molecular weight excluding hydrogens is 332 g/mol. The van der Waals surface area contributed by atoms with Gasteiger partial charge in [-0.3, -0.25) is 14.3 Å². The van der Waals surface area contributed by atoms with Crippen LogP contribution in [0.4, 0.5) is 11.4 Å². The van der Waals surface area contributed by atoms with E-state index in [0.717, 1.165) is 5.69 Å². The van der Waals surface area contributed by atoms with E-state index in [9.17, 15) is 9.59 Å². The lowest BCUT2D eigenvalue weighted by Crippen LogP contribution is -2.20. The molecule has 1 aliphatic heterocycles. The van der Waals surface area contributed by atoms with Crippen LogP contribution in [-0.2, 0) is 11.8 Å². The number of benzene rings is 2. The van der Waals surface area contributed by atoms with Crippen LogP contribution in [0.3, 0.4) is 0 Å². The number of hydrogen-bond acceptors (Lipinski definition) is 3. The standard InChI is InChI=1S/C19H16N4O2.H2O/c1-12-16(19(25)23(22(12)2)13-8-4-3-5-9-13)21-17-14-10-6-7-11-15(14)20-18(17)24;/h3-11H,1-2H3,(H,20,21,24);1H2. The van der Waals surface area contributed by atoms with E-state index < -0.39 is 0 Å². The fourth-order valence-electron chi connectivity index (χ4n) is 3.01. The molecule has 1 aromatic heterocycles. The molecule has 3 N–H and O–H groups in total. The van der Waals surface area contributed by atoms with E-state index in [1.54, 1.807) is 16.4 Å². The van der Waals surface area contributed by atoms with Crippen molar-refractivity contribution in [2.24, 2.45) is 12.0 Å². The van der Waals surface area contributed by atoms with E-state index in [-0.39, 0.29) is 28.3 Å². The van der Waals surface area contributed by atoms with Crippen LogP contribution in [0.5, 0.6) is 0 Å². The number of aromatic nitrogens is 2. The molecule has 0 atom stereocenters. The maximum atomic E-state index is 12.9. The van der Waals surface area contributed by atoms with Crippen molar-refractivity contribution in [3.8, 4) is 5.69 Å². The van der Waals surface area contributed by atoms with E-state index in [1.807, 2.05) is 61.5 Å². The number of nitrogens with zero attached hydrogens (tertiary/aromatic N) is 3. The van der Waals surface area contributed by atoms with Crippen LogP contribution in [0.15, 0.2) is 64.4 Å². The molecule has 0 aliphatic carbocycles. The minimum absolute atomic E-state index is 0. The van der Waals surface area contributed by atoms with Crippen LogP contribution in [0.25, 0.3) is 5.69 Å². The van der Waals surface area contributed by atoms with Gasteiger partial charge in [0.05, 0.1) is 17.1 Å². The molecule has 0 bridgehead atoms. The quantitative estimate of drug-likeness (QED) is 0.761. The highest BCUT2D eigenvalue weighted by atomic mass is 16.2. The molecule has 2 aromatic carbocycles. The molecule has 7 heteroatoms. The van der Waals surface area contributed by atoms with E-state index in [0.29, 0.717) is 16.9 Å². The zero-order chi connectivity index (χ0) is 17.6. The Balaban J connectivity index is 0.00000196. The topological polar surface area (TPSA) is 99.9 Å². The number of rotatable bonds is 2. The summed E-state index contributed by atoms with van der Waals surface area (Å²) in [7, 11) is 1.80. The van der Waals surface area contributed by atoms with Crippen molar-refractivity contribution in [1.82, 2.24) is 9.36 Å². The molecule has 1 aliphatic rings. The van der Waals surface area contributed by atoms with Gasteiger partial charge in [0.1, 0.15) is 5.71 Å². The second kappa shape index (κ2) is 6.45. The minimum atomic E-state index is -0.296. The predicted molar refractivity (Wildman–Crippen MR) is 101 cm³/mol. The fraction of sp³-hybridized carbons (Fsp3) is 0.105. The largest absolute Gasteiger partial charge is 0.412 e. The van der Waals surface area contributed by atoms with Crippen molar-refractivity contribution < 1.29 is 10.3 Å². The summed E-state index contributed by atoms with van der Waals surface area (Å²) in [6.45, 7) is 1.82. The van der Waals surface area contributed by atoms with Crippen LogP contribution in [-0.4, -0.2) is 26.5 Å². The first-order chi connectivity index (χ1) is 12.1. The van der Waals surface area contributed by atoms with Gasteiger partial charge >= 0.3 is 0 Å². The number of carbonyl (C=O) groups excluding carboxylic acids is 1. The summed E-state index contributed by atoms with van der Waals surface area (Å²) in [5, 5.41) is 2.77. The van der Waals surface area contributed by atoms with Crippen LogP contribution in [0.1, 0.15) is 11.3 Å². The van der Waals surface area contributed by atoms with Gasteiger partial charge in [-0.25, -0.2) is 9.67 Å². The van der Waals surface area contributed by atoms with Crippen molar-refractivity contribution >= 4 is 23.0 Å². The number of fused-ring (bicyclic) bond motifs is 1. The number of nitrogens with one attached hydrogen (secondary N) is 1. The van der Waals surface area contributed by atoms with E-state index in [2.05, 4.69) is 10.3 Å². The Morgan fingerprint density at radius 2 is 1.62 bits per heavy atom. The first kappa shape index (κ1) is 17.4. The zero-order valence-corrected chi connectivity index (χ0v) is 14.4.